The molecule has 0 spiro atoms. The Bertz CT molecular complexity index is 421. The minimum Gasteiger partial charge on any atom is -0.768 e. The number of nitrogens with two attached hydrogens (primary N) is 1. The SMILES string of the molecule is CCCOc1ccc(S(=O)[O-])cc1C(=N)N. The third-order valence-electron chi connectivity index (χ3n) is 1.90. The maximum Gasteiger partial charge on any atom is 0.130 e. The van der Waals surface area contributed by atoms with Crippen molar-refractivity contribution in [2.24, 2.45) is 5.73 Å². The molecule has 0 amide bonds. The third kappa shape index (κ3) is 3.04. The van der Waals surface area contributed by atoms with Gasteiger partial charge in [0.05, 0.1) is 12.2 Å². The normalized spacial score (nSPS) is 12.1. The molecule has 0 aliphatic heterocycles. The fraction of sp³-hybridized carbons (Fsp3) is 0.300. The zero-order chi connectivity index (χ0) is 12.1. The molecule has 0 radical (unpaired) electrons. The first kappa shape index (κ1) is 12.7. The van der Waals surface area contributed by atoms with Gasteiger partial charge in [0.25, 0.3) is 0 Å². The molecular weight excluding hydrogens is 228 g/mol. The lowest BCUT2D eigenvalue weighted by molar-refractivity contribution is 0.316. The van der Waals surface area contributed by atoms with E-state index in [4.69, 9.17) is 15.9 Å². The highest BCUT2D eigenvalue weighted by Gasteiger charge is 2.08. The highest BCUT2D eigenvalue weighted by molar-refractivity contribution is 7.79. The van der Waals surface area contributed by atoms with Crippen LogP contribution in [0.15, 0.2) is 23.1 Å². The van der Waals surface area contributed by atoms with Crippen LogP contribution >= 0.6 is 0 Å². The van der Waals surface area contributed by atoms with E-state index in [-0.39, 0.29) is 10.7 Å². The number of rotatable bonds is 5. The van der Waals surface area contributed by atoms with Crippen molar-refractivity contribution in [1.29, 1.82) is 5.41 Å². The Morgan fingerprint density at radius 2 is 2.31 bits per heavy atom. The fourth-order valence-corrected chi connectivity index (χ4v) is 1.55. The minimum atomic E-state index is -2.33. The summed E-state index contributed by atoms with van der Waals surface area (Å²) in [6, 6.07) is 4.26. The average molecular weight is 241 g/mol. The molecule has 0 saturated carbocycles. The topological polar surface area (TPSA) is 99.2 Å². The first-order valence-electron chi connectivity index (χ1n) is 4.76. The highest BCUT2D eigenvalue weighted by Crippen LogP contribution is 2.21. The van der Waals surface area contributed by atoms with E-state index in [1.165, 1.54) is 18.2 Å². The van der Waals surface area contributed by atoms with Gasteiger partial charge in [-0.2, -0.15) is 0 Å². The van der Waals surface area contributed by atoms with Crippen LogP contribution in [0.2, 0.25) is 0 Å². The van der Waals surface area contributed by atoms with E-state index in [2.05, 4.69) is 0 Å². The van der Waals surface area contributed by atoms with E-state index in [1.807, 2.05) is 6.92 Å². The maximum atomic E-state index is 10.7. The Morgan fingerprint density at radius 3 is 2.81 bits per heavy atom. The van der Waals surface area contributed by atoms with Crippen LogP contribution in [0, 0.1) is 5.41 Å². The van der Waals surface area contributed by atoms with Crippen molar-refractivity contribution in [2.45, 2.75) is 18.2 Å². The first-order chi connectivity index (χ1) is 7.56. The molecule has 1 rings (SSSR count). The summed E-state index contributed by atoms with van der Waals surface area (Å²) in [5.41, 5.74) is 5.66. The summed E-state index contributed by atoms with van der Waals surface area (Å²) < 4.78 is 26.9. The molecular formula is C10H13N2O3S-. The monoisotopic (exact) mass is 241 g/mol. The van der Waals surface area contributed by atoms with E-state index < -0.39 is 11.1 Å². The molecule has 6 heteroatoms. The summed E-state index contributed by atoms with van der Waals surface area (Å²) >= 11 is -2.33. The summed E-state index contributed by atoms with van der Waals surface area (Å²) in [5.74, 6) is 0.224. The van der Waals surface area contributed by atoms with Crippen LogP contribution in [-0.2, 0) is 11.1 Å². The quantitative estimate of drug-likeness (QED) is 0.456. The van der Waals surface area contributed by atoms with Crippen molar-refractivity contribution in [3.05, 3.63) is 23.8 Å². The molecule has 3 N–H and O–H groups in total. The highest BCUT2D eigenvalue weighted by atomic mass is 32.2. The lowest BCUT2D eigenvalue weighted by Crippen LogP contribution is -2.14. The predicted octanol–water partition coefficient (Wildman–Crippen LogP) is 0.997. The summed E-state index contributed by atoms with van der Waals surface area (Å²) in [5, 5.41) is 7.35. The largest absolute Gasteiger partial charge is 0.768 e. The van der Waals surface area contributed by atoms with Gasteiger partial charge in [0.1, 0.15) is 11.6 Å². The van der Waals surface area contributed by atoms with Crippen molar-refractivity contribution in [3.63, 3.8) is 0 Å². The molecule has 0 aromatic heterocycles. The van der Waals surface area contributed by atoms with Gasteiger partial charge in [0.15, 0.2) is 0 Å². The van der Waals surface area contributed by atoms with Gasteiger partial charge < -0.3 is 15.0 Å². The van der Waals surface area contributed by atoms with Crippen molar-refractivity contribution < 1.29 is 13.5 Å². The molecule has 0 aliphatic carbocycles. The minimum absolute atomic E-state index is 0.0917. The molecule has 88 valence electrons. The van der Waals surface area contributed by atoms with E-state index in [0.717, 1.165) is 6.42 Å². The summed E-state index contributed by atoms with van der Waals surface area (Å²) in [4.78, 5) is 0.0917. The van der Waals surface area contributed by atoms with Crippen LogP contribution in [0.5, 0.6) is 5.75 Å². The summed E-state index contributed by atoms with van der Waals surface area (Å²) in [6.07, 6.45) is 0.826. The number of amidine groups is 1. The van der Waals surface area contributed by atoms with E-state index in [1.54, 1.807) is 0 Å². The molecule has 1 aromatic rings. The smallest absolute Gasteiger partial charge is 0.130 e. The summed E-state index contributed by atoms with van der Waals surface area (Å²) in [7, 11) is 0. The van der Waals surface area contributed by atoms with Gasteiger partial charge in [-0.25, -0.2) is 0 Å². The predicted molar refractivity (Wildman–Crippen MR) is 60.4 cm³/mol. The molecule has 1 unspecified atom stereocenters. The second kappa shape index (κ2) is 5.62. The fourth-order valence-electron chi connectivity index (χ4n) is 1.16. The van der Waals surface area contributed by atoms with Crippen LogP contribution in [-0.4, -0.2) is 21.2 Å². The van der Waals surface area contributed by atoms with Crippen molar-refractivity contribution in [1.82, 2.24) is 0 Å². The number of hydrogen-bond donors (Lipinski definition) is 2. The maximum absolute atomic E-state index is 10.7. The van der Waals surface area contributed by atoms with Gasteiger partial charge in [0, 0.05) is 4.90 Å². The van der Waals surface area contributed by atoms with Gasteiger partial charge in [0.2, 0.25) is 0 Å². The molecule has 1 atom stereocenters. The van der Waals surface area contributed by atoms with E-state index in [0.29, 0.717) is 17.9 Å². The zero-order valence-corrected chi connectivity index (χ0v) is 9.67. The van der Waals surface area contributed by atoms with Crippen LogP contribution < -0.4 is 10.5 Å². The zero-order valence-electron chi connectivity index (χ0n) is 8.86. The third-order valence-corrected chi connectivity index (χ3v) is 2.53. The van der Waals surface area contributed by atoms with Crippen LogP contribution in [0.25, 0.3) is 0 Å². The Hall–Kier alpha value is -1.40. The molecule has 16 heavy (non-hydrogen) atoms. The molecule has 0 fully saturated rings. The van der Waals surface area contributed by atoms with Gasteiger partial charge in [-0.15, -0.1) is 0 Å². The molecule has 0 heterocycles. The lowest BCUT2D eigenvalue weighted by atomic mass is 10.2. The number of benzene rings is 1. The lowest BCUT2D eigenvalue weighted by Gasteiger charge is -2.12. The Labute approximate surface area is 96.4 Å². The van der Waals surface area contributed by atoms with Gasteiger partial charge >= 0.3 is 0 Å². The van der Waals surface area contributed by atoms with Gasteiger partial charge in [-0.3, -0.25) is 9.62 Å². The number of nitrogens with one attached hydrogen (secondary N) is 1. The second-order valence-corrected chi connectivity index (χ2v) is 4.10. The van der Waals surface area contributed by atoms with Crippen molar-refractivity contribution in [3.8, 4) is 5.75 Å². The van der Waals surface area contributed by atoms with Crippen LogP contribution in [0.4, 0.5) is 0 Å². The average Bonchev–Trinajstić information content (AvgIpc) is 2.25. The molecule has 0 bridgehead atoms. The van der Waals surface area contributed by atoms with E-state index >= 15 is 0 Å². The molecule has 5 nitrogen and oxygen atoms in total. The molecule has 0 aliphatic rings. The van der Waals surface area contributed by atoms with Crippen LogP contribution in [0.3, 0.4) is 0 Å². The number of hydrogen-bond acceptors (Lipinski definition) is 4. The van der Waals surface area contributed by atoms with Crippen molar-refractivity contribution in [2.75, 3.05) is 6.61 Å². The van der Waals surface area contributed by atoms with Gasteiger partial charge in [-0.1, -0.05) is 6.92 Å². The number of nitrogen functional groups attached to an aromatic ring is 1. The first-order valence-corrected chi connectivity index (χ1v) is 5.84. The second-order valence-electron chi connectivity index (χ2n) is 3.15. The molecule has 0 saturated heterocycles. The Balaban J connectivity index is 3.09. The van der Waals surface area contributed by atoms with E-state index in [9.17, 15) is 8.76 Å². The molecule has 1 aromatic carbocycles. The Kier molecular flexibility index (Phi) is 4.45. The number of ether oxygens (including phenoxy) is 1. The van der Waals surface area contributed by atoms with Crippen LogP contribution in [0.1, 0.15) is 18.9 Å². The van der Waals surface area contributed by atoms with Crippen molar-refractivity contribution >= 4 is 16.9 Å². The van der Waals surface area contributed by atoms with Gasteiger partial charge in [-0.05, 0) is 35.7 Å². The summed E-state index contributed by atoms with van der Waals surface area (Å²) in [6.45, 7) is 2.45. The Morgan fingerprint density at radius 1 is 1.62 bits per heavy atom. The standard InChI is InChI=1S/C10H14N2O3S/c1-2-5-15-9-4-3-7(16(13)14)6-8(9)10(11)12/h3-4,6H,2,5H2,1H3,(H3,11,12)(H,13,14)/p-1.